The Morgan fingerprint density at radius 1 is 1.33 bits per heavy atom. The lowest BCUT2D eigenvalue weighted by Crippen LogP contribution is -2.13. The number of carbonyl (C=O) groups excluding carboxylic acids is 1. The lowest BCUT2D eigenvalue weighted by Gasteiger charge is -2.06. The molecular weight excluding hydrogens is 302 g/mol. The number of nitrogens with zero attached hydrogens (tertiary/aromatic N) is 2. The second-order valence-corrected chi connectivity index (χ2v) is 5.47. The first kappa shape index (κ1) is 17.4. The van der Waals surface area contributed by atoms with E-state index in [0.717, 1.165) is 22.7 Å². The van der Waals surface area contributed by atoms with Crippen LogP contribution < -0.4 is 10.1 Å². The Morgan fingerprint density at radius 2 is 2.00 bits per heavy atom. The van der Waals surface area contributed by atoms with Crippen LogP contribution in [0.1, 0.15) is 23.9 Å². The van der Waals surface area contributed by atoms with E-state index in [1.54, 1.807) is 30.3 Å². The smallest absolute Gasteiger partial charge is 0.266 e. The summed E-state index contributed by atoms with van der Waals surface area (Å²) in [6, 6.07) is 11.0. The number of anilines is 1. The topological polar surface area (TPSA) is 67.0 Å². The van der Waals surface area contributed by atoms with Gasteiger partial charge in [-0.3, -0.25) is 4.79 Å². The maximum Gasteiger partial charge on any atom is 0.266 e. The zero-order valence-electron chi connectivity index (χ0n) is 14.4. The van der Waals surface area contributed by atoms with E-state index in [2.05, 4.69) is 5.32 Å². The Bertz CT molecular complexity index is 808. The number of hydrogen-bond acceptors (Lipinski definition) is 3. The summed E-state index contributed by atoms with van der Waals surface area (Å²) in [5, 5.41) is 12.0. The van der Waals surface area contributed by atoms with Crippen LogP contribution in [-0.2, 0) is 11.8 Å². The maximum atomic E-state index is 12.3. The molecular formula is C19H21N3O2. The van der Waals surface area contributed by atoms with Gasteiger partial charge in [-0.05, 0) is 62.7 Å². The van der Waals surface area contributed by atoms with E-state index in [1.807, 2.05) is 44.5 Å². The molecule has 0 atom stereocenters. The Labute approximate surface area is 142 Å². The van der Waals surface area contributed by atoms with Gasteiger partial charge < -0.3 is 14.6 Å². The number of aromatic nitrogens is 1. The molecule has 0 unspecified atom stereocenters. The van der Waals surface area contributed by atoms with E-state index < -0.39 is 5.91 Å². The van der Waals surface area contributed by atoms with Gasteiger partial charge in [-0.15, -0.1) is 0 Å². The molecule has 1 aromatic carbocycles. The van der Waals surface area contributed by atoms with Gasteiger partial charge in [0.15, 0.2) is 0 Å². The normalized spacial score (nSPS) is 11.0. The van der Waals surface area contributed by atoms with Gasteiger partial charge in [-0.25, -0.2) is 0 Å². The van der Waals surface area contributed by atoms with E-state index in [1.165, 1.54) is 0 Å². The summed E-state index contributed by atoms with van der Waals surface area (Å²) in [7, 11) is 1.95. The number of ether oxygens (including phenoxy) is 1. The quantitative estimate of drug-likeness (QED) is 0.675. The fraction of sp³-hybridized carbons (Fsp3) is 0.263. The highest BCUT2D eigenvalue weighted by atomic mass is 16.5. The molecule has 1 aromatic heterocycles. The van der Waals surface area contributed by atoms with Crippen LogP contribution in [-0.4, -0.2) is 17.1 Å². The van der Waals surface area contributed by atoms with E-state index in [0.29, 0.717) is 12.3 Å². The van der Waals surface area contributed by atoms with Crippen molar-refractivity contribution in [2.75, 3.05) is 11.9 Å². The monoisotopic (exact) mass is 323 g/mol. The first-order valence-corrected chi connectivity index (χ1v) is 7.75. The van der Waals surface area contributed by atoms with E-state index >= 15 is 0 Å². The van der Waals surface area contributed by atoms with Gasteiger partial charge in [0.05, 0.1) is 6.61 Å². The summed E-state index contributed by atoms with van der Waals surface area (Å²) in [6.07, 6.45) is 1.62. The molecule has 0 spiro atoms. The van der Waals surface area contributed by atoms with Crippen LogP contribution in [0.5, 0.6) is 5.75 Å². The number of carbonyl (C=O) groups is 1. The SMILES string of the molecule is CCOc1ccc(NC(=O)C(C#N)=Cc2cc(C)n(C)c2C)cc1. The van der Waals surface area contributed by atoms with Crippen molar-refractivity contribution in [3.8, 4) is 11.8 Å². The first-order chi connectivity index (χ1) is 11.5. The van der Waals surface area contributed by atoms with Gasteiger partial charge in [0.1, 0.15) is 17.4 Å². The van der Waals surface area contributed by atoms with Crippen molar-refractivity contribution < 1.29 is 9.53 Å². The number of hydrogen-bond donors (Lipinski definition) is 1. The van der Waals surface area contributed by atoms with Gasteiger partial charge >= 0.3 is 0 Å². The average molecular weight is 323 g/mol. The van der Waals surface area contributed by atoms with Crippen LogP contribution >= 0.6 is 0 Å². The number of benzene rings is 1. The van der Waals surface area contributed by atoms with Crippen LogP contribution in [0.15, 0.2) is 35.9 Å². The minimum Gasteiger partial charge on any atom is -0.494 e. The zero-order chi connectivity index (χ0) is 17.7. The highest BCUT2D eigenvalue weighted by Gasteiger charge is 2.12. The average Bonchev–Trinajstić information content (AvgIpc) is 2.81. The summed E-state index contributed by atoms with van der Waals surface area (Å²) >= 11 is 0. The van der Waals surface area contributed by atoms with Crippen molar-refractivity contribution in [2.45, 2.75) is 20.8 Å². The minimum atomic E-state index is -0.428. The molecule has 2 rings (SSSR count). The molecule has 124 valence electrons. The van der Waals surface area contributed by atoms with Crippen molar-refractivity contribution in [3.05, 3.63) is 52.9 Å². The number of aryl methyl sites for hydroxylation is 1. The number of amides is 1. The van der Waals surface area contributed by atoms with Crippen molar-refractivity contribution in [3.63, 3.8) is 0 Å². The van der Waals surface area contributed by atoms with E-state index in [-0.39, 0.29) is 5.57 Å². The summed E-state index contributed by atoms with van der Waals surface area (Å²) in [4.78, 5) is 12.3. The molecule has 1 heterocycles. The predicted molar refractivity (Wildman–Crippen MR) is 94.7 cm³/mol. The largest absolute Gasteiger partial charge is 0.494 e. The highest BCUT2D eigenvalue weighted by molar-refractivity contribution is 6.09. The summed E-state index contributed by atoms with van der Waals surface area (Å²) in [6.45, 7) is 6.43. The summed E-state index contributed by atoms with van der Waals surface area (Å²) in [5.74, 6) is 0.310. The fourth-order valence-electron chi connectivity index (χ4n) is 2.33. The van der Waals surface area contributed by atoms with Gasteiger partial charge in [-0.1, -0.05) is 0 Å². The molecule has 0 aliphatic carbocycles. The van der Waals surface area contributed by atoms with E-state index in [4.69, 9.17) is 4.74 Å². The first-order valence-electron chi connectivity index (χ1n) is 7.75. The van der Waals surface area contributed by atoms with Crippen molar-refractivity contribution >= 4 is 17.7 Å². The molecule has 5 nitrogen and oxygen atoms in total. The molecule has 1 amide bonds. The third-order valence-electron chi connectivity index (χ3n) is 3.90. The van der Waals surface area contributed by atoms with Crippen molar-refractivity contribution in [1.29, 1.82) is 5.26 Å². The van der Waals surface area contributed by atoms with Gasteiger partial charge in [0.25, 0.3) is 5.91 Å². The van der Waals surface area contributed by atoms with Gasteiger partial charge in [0.2, 0.25) is 0 Å². The van der Waals surface area contributed by atoms with Crippen LogP contribution in [0.4, 0.5) is 5.69 Å². The number of rotatable bonds is 5. The van der Waals surface area contributed by atoms with Crippen molar-refractivity contribution in [1.82, 2.24) is 4.57 Å². The maximum absolute atomic E-state index is 12.3. The Balaban J connectivity index is 2.18. The molecule has 5 heteroatoms. The molecule has 0 fully saturated rings. The highest BCUT2D eigenvalue weighted by Crippen LogP contribution is 2.19. The molecule has 0 aliphatic heterocycles. The minimum absolute atomic E-state index is 0.0672. The van der Waals surface area contributed by atoms with Gasteiger partial charge in [-0.2, -0.15) is 5.26 Å². The summed E-state index contributed by atoms with van der Waals surface area (Å²) < 4.78 is 7.38. The lowest BCUT2D eigenvalue weighted by atomic mass is 10.1. The number of nitriles is 1. The third-order valence-corrected chi connectivity index (χ3v) is 3.90. The van der Waals surface area contributed by atoms with Crippen LogP contribution in [0, 0.1) is 25.2 Å². The molecule has 1 N–H and O–H groups in total. The van der Waals surface area contributed by atoms with Crippen LogP contribution in [0.3, 0.4) is 0 Å². The second-order valence-electron chi connectivity index (χ2n) is 5.47. The van der Waals surface area contributed by atoms with Crippen LogP contribution in [0.25, 0.3) is 6.08 Å². The molecule has 0 bridgehead atoms. The molecule has 0 radical (unpaired) electrons. The van der Waals surface area contributed by atoms with Gasteiger partial charge in [0, 0.05) is 24.1 Å². The lowest BCUT2D eigenvalue weighted by molar-refractivity contribution is -0.112. The molecule has 24 heavy (non-hydrogen) atoms. The zero-order valence-corrected chi connectivity index (χ0v) is 14.4. The molecule has 2 aromatic rings. The molecule has 0 aliphatic rings. The third kappa shape index (κ3) is 3.85. The van der Waals surface area contributed by atoms with Crippen molar-refractivity contribution in [2.24, 2.45) is 7.05 Å². The predicted octanol–water partition coefficient (Wildman–Crippen LogP) is 3.59. The fourth-order valence-corrected chi connectivity index (χ4v) is 2.33. The Kier molecular flexibility index (Phi) is 5.43. The molecule has 0 saturated heterocycles. The molecule has 0 saturated carbocycles. The van der Waals surface area contributed by atoms with Crippen LogP contribution in [0.2, 0.25) is 0 Å². The van der Waals surface area contributed by atoms with E-state index in [9.17, 15) is 10.1 Å². The summed E-state index contributed by atoms with van der Waals surface area (Å²) in [5.41, 5.74) is 3.63. The Morgan fingerprint density at radius 3 is 2.50 bits per heavy atom. The standard InChI is InChI=1S/C19H21N3O2/c1-5-24-18-8-6-17(7-9-18)21-19(23)16(12-20)11-15-10-13(2)22(4)14(15)3/h6-11H,5H2,1-4H3,(H,21,23). The Hall–Kier alpha value is -3.00. The second kappa shape index (κ2) is 7.51. The number of nitrogens with one attached hydrogen (secondary N) is 1.